The predicted molar refractivity (Wildman–Crippen MR) is 102 cm³/mol. The van der Waals surface area contributed by atoms with Crippen molar-refractivity contribution in [3.63, 3.8) is 0 Å². The molecule has 0 bridgehead atoms. The number of rotatable bonds is 4. The average molecular weight is 393 g/mol. The molecule has 3 amide bonds. The molecule has 5 nitrogen and oxygen atoms in total. The number of carbonyl (C=O) groups excluding carboxylic acids is 3. The molecule has 0 saturated carbocycles. The summed E-state index contributed by atoms with van der Waals surface area (Å²) in [7, 11) is 0. The third-order valence-electron chi connectivity index (χ3n) is 3.32. The summed E-state index contributed by atoms with van der Waals surface area (Å²) in [5.41, 5.74) is 0.508. The lowest BCUT2D eigenvalue weighted by molar-refractivity contribution is -0.127. The summed E-state index contributed by atoms with van der Waals surface area (Å²) in [6.45, 7) is 1.63. The Hall–Kier alpha value is -2.09. The van der Waals surface area contributed by atoms with Crippen LogP contribution < -0.4 is 5.32 Å². The third kappa shape index (κ3) is 4.31. The van der Waals surface area contributed by atoms with Crippen LogP contribution in [0.25, 0.3) is 6.08 Å². The number of aryl methyl sites for hydroxylation is 1. The minimum atomic E-state index is -0.460. The van der Waals surface area contributed by atoms with Gasteiger partial charge in [-0.05, 0) is 55.1 Å². The average Bonchev–Trinajstić information content (AvgIpc) is 3.06. The number of nitrogens with zero attached hydrogens (tertiary/aromatic N) is 1. The number of thiophene rings is 1. The number of hydrogen-bond donors (Lipinski definition) is 1. The first kappa shape index (κ1) is 17.7. The van der Waals surface area contributed by atoms with Gasteiger partial charge >= 0.3 is 0 Å². The van der Waals surface area contributed by atoms with Gasteiger partial charge in [-0.2, -0.15) is 0 Å². The largest absolute Gasteiger partial charge is 0.324 e. The highest BCUT2D eigenvalue weighted by Crippen LogP contribution is 2.33. The molecule has 128 valence electrons. The monoisotopic (exact) mass is 392 g/mol. The fraction of sp³-hybridized carbons (Fsp3) is 0.118. The Kier molecular flexibility index (Phi) is 5.27. The summed E-state index contributed by atoms with van der Waals surface area (Å²) in [6, 6.07) is 10.5. The number of nitrogens with one attached hydrogen (secondary N) is 1. The van der Waals surface area contributed by atoms with Crippen molar-refractivity contribution in [2.75, 3.05) is 11.9 Å². The molecule has 25 heavy (non-hydrogen) atoms. The molecule has 0 spiro atoms. The second-order valence-corrected chi connectivity index (χ2v) is 8.02. The van der Waals surface area contributed by atoms with Crippen LogP contribution in [0, 0.1) is 6.92 Å². The van der Waals surface area contributed by atoms with Gasteiger partial charge in [-0.1, -0.05) is 17.7 Å². The van der Waals surface area contributed by atoms with Crippen LogP contribution >= 0.6 is 34.7 Å². The SMILES string of the molecule is Cc1ccc(/C=C2/SC(=O)N(CC(=O)Nc3cccc(Cl)c3)C2=O)s1. The van der Waals surface area contributed by atoms with Crippen molar-refractivity contribution in [1.29, 1.82) is 0 Å². The molecule has 3 rings (SSSR count). The fourth-order valence-electron chi connectivity index (χ4n) is 2.21. The molecule has 2 aromatic rings. The van der Waals surface area contributed by atoms with Gasteiger partial charge in [0.2, 0.25) is 5.91 Å². The van der Waals surface area contributed by atoms with Gasteiger partial charge in [-0.3, -0.25) is 19.3 Å². The molecule has 1 aliphatic heterocycles. The van der Waals surface area contributed by atoms with Crippen molar-refractivity contribution in [3.8, 4) is 0 Å². The van der Waals surface area contributed by atoms with E-state index in [1.807, 2.05) is 19.1 Å². The Morgan fingerprint density at radius 1 is 1.28 bits per heavy atom. The standard InChI is InChI=1S/C17H13ClN2O3S2/c1-10-5-6-13(24-10)8-14-16(22)20(17(23)25-14)9-15(21)19-12-4-2-3-11(18)7-12/h2-8H,9H2,1H3,(H,19,21)/b14-8+. The maximum absolute atomic E-state index is 12.4. The van der Waals surface area contributed by atoms with E-state index in [4.69, 9.17) is 11.6 Å². The fourth-order valence-corrected chi connectivity index (χ4v) is 4.12. The van der Waals surface area contributed by atoms with Crippen molar-refractivity contribution in [1.82, 2.24) is 4.90 Å². The molecule has 1 fully saturated rings. The lowest BCUT2D eigenvalue weighted by atomic mass is 10.3. The molecule has 1 aromatic heterocycles. The first-order valence-electron chi connectivity index (χ1n) is 7.29. The Labute approximate surface area is 157 Å². The zero-order chi connectivity index (χ0) is 18.0. The van der Waals surface area contributed by atoms with Gasteiger partial charge in [0, 0.05) is 20.5 Å². The molecule has 1 aromatic carbocycles. The Balaban J connectivity index is 1.68. The van der Waals surface area contributed by atoms with Crippen LogP contribution in [0.3, 0.4) is 0 Å². The van der Waals surface area contributed by atoms with Crippen LogP contribution in [0.1, 0.15) is 9.75 Å². The van der Waals surface area contributed by atoms with Gasteiger partial charge in [-0.25, -0.2) is 0 Å². The van der Waals surface area contributed by atoms with Gasteiger partial charge in [0.25, 0.3) is 11.1 Å². The second kappa shape index (κ2) is 7.43. The number of anilines is 1. The Morgan fingerprint density at radius 3 is 2.76 bits per heavy atom. The second-order valence-electron chi connectivity index (χ2n) is 5.27. The van der Waals surface area contributed by atoms with E-state index < -0.39 is 17.1 Å². The summed E-state index contributed by atoms with van der Waals surface area (Å²) in [5, 5.41) is 2.65. The summed E-state index contributed by atoms with van der Waals surface area (Å²) < 4.78 is 0. The molecule has 1 N–H and O–H groups in total. The zero-order valence-electron chi connectivity index (χ0n) is 13.1. The number of amides is 3. The van der Waals surface area contributed by atoms with Crippen LogP contribution in [0.2, 0.25) is 5.02 Å². The molecule has 2 heterocycles. The molecule has 8 heteroatoms. The highest BCUT2D eigenvalue weighted by molar-refractivity contribution is 8.18. The van der Waals surface area contributed by atoms with E-state index in [1.54, 1.807) is 30.3 Å². The minimum Gasteiger partial charge on any atom is -0.324 e. The van der Waals surface area contributed by atoms with Gasteiger partial charge in [0.05, 0.1) is 4.91 Å². The van der Waals surface area contributed by atoms with E-state index in [2.05, 4.69) is 5.32 Å². The van der Waals surface area contributed by atoms with Crippen molar-refractivity contribution in [2.24, 2.45) is 0 Å². The van der Waals surface area contributed by atoms with Crippen LogP contribution in [0.4, 0.5) is 10.5 Å². The number of imide groups is 1. The van der Waals surface area contributed by atoms with Crippen molar-refractivity contribution in [3.05, 3.63) is 56.1 Å². The highest BCUT2D eigenvalue weighted by Gasteiger charge is 2.36. The van der Waals surface area contributed by atoms with Gasteiger partial charge < -0.3 is 5.32 Å². The molecule has 1 saturated heterocycles. The van der Waals surface area contributed by atoms with Crippen LogP contribution in [-0.4, -0.2) is 28.5 Å². The first-order chi connectivity index (χ1) is 11.9. The lowest BCUT2D eigenvalue weighted by Gasteiger charge is -2.12. The molecule has 0 aliphatic carbocycles. The number of carbonyl (C=O) groups is 3. The topological polar surface area (TPSA) is 66.5 Å². The Morgan fingerprint density at radius 2 is 2.08 bits per heavy atom. The van der Waals surface area contributed by atoms with Gasteiger partial charge in [-0.15, -0.1) is 11.3 Å². The highest BCUT2D eigenvalue weighted by atomic mass is 35.5. The molecule has 0 radical (unpaired) electrons. The molecular formula is C17H13ClN2O3S2. The van der Waals surface area contributed by atoms with Crippen LogP contribution in [0.15, 0.2) is 41.3 Å². The summed E-state index contributed by atoms with van der Waals surface area (Å²) in [6.07, 6.45) is 1.68. The normalized spacial score (nSPS) is 15.9. The van der Waals surface area contributed by atoms with E-state index in [-0.39, 0.29) is 6.54 Å². The van der Waals surface area contributed by atoms with E-state index in [0.717, 1.165) is 26.4 Å². The van der Waals surface area contributed by atoms with Gasteiger partial charge in [0.1, 0.15) is 6.54 Å². The number of halogens is 1. The summed E-state index contributed by atoms with van der Waals surface area (Å²) in [5.74, 6) is -0.917. The summed E-state index contributed by atoms with van der Waals surface area (Å²) >= 11 is 8.24. The molecule has 0 atom stereocenters. The van der Waals surface area contributed by atoms with Gasteiger partial charge in [0.15, 0.2) is 0 Å². The summed E-state index contributed by atoms with van der Waals surface area (Å²) in [4.78, 5) is 39.8. The third-order valence-corrected chi connectivity index (χ3v) is 5.41. The number of benzene rings is 1. The first-order valence-corrected chi connectivity index (χ1v) is 9.31. The van der Waals surface area contributed by atoms with Crippen LogP contribution in [0.5, 0.6) is 0 Å². The quantitative estimate of drug-likeness (QED) is 0.784. The smallest absolute Gasteiger partial charge is 0.294 e. The molecule has 0 unspecified atom stereocenters. The maximum atomic E-state index is 12.4. The molecular weight excluding hydrogens is 380 g/mol. The molecule has 1 aliphatic rings. The number of hydrogen-bond acceptors (Lipinski definition) is 5. The van der Waals surface area contributed by atoms with E-state index in [9.17, 15) is 14.4 Å². The predicted octanol–water partition coefficient (Wildman–Crippen LogP) is 4.38. The Bertz CT molecular complexity index is 892. The van der Waals surface area contributed by atoms with E-state index in [1.165, 1.54) is 11.3 Å². The van der Waals surface area contributed by atoms with Crippen molar-refractivity contribution in [2.45, 2.75) is 6.92 Å². The van der Waals surface area contributed by atoms with Crippen molar-refractivity contribution < 1.29 is 14.4 Å². The van der Waals surface area contributed by atoms with Crippen molar-refractivity contribution >= 4 is 63.5 Å². The lowest BCUT2D eigenvalue weighted by Crippen LogP contribution is -2.36. The maximum Gasteiger partial charge on any atom is 0.294 e. The van der Waals surface area contributed by atoms with E-state index >= 15 is 0 Å². The number of thioether (sulfide) groups is 1. The van der Waals surface area contributed by atoms with Crippen LogP contribution in [-0.2, 0) is 9.59 Å². The zero-order valence-corrected chi connectivity index (χ0v) is 15.5. The van der Waals surface area contributed by atoms with E-state index in [0.29, 0.717) is 15.6 Å². The minimum absolute atomic E-state index is 0.322.